The minimum atomic E-state index is 0.779. The molecule has 0 spiro atoms. The van der Waals surface area contributed by atoms with Gasteiger partial charge in [0.25, 0.3) is 0 Å². The lowest BCUT2D eigenvalue weighted by molar-refractivity contribution is 0.0798. The van der Waals surface area contributed by atoms with Crippen LogP contribution in [0.15, 0.2) is 18.2 Å². The first kappa shape index (κ1) is 16.3. The van der Waals surface area contributed by atoms with E-state index in [1.54, 1.807) is 0 Å². The molecule has 0 saturated heterocycles. The Bertz CT molecular complexity index is 413. The zero-order valence-corrected chi connectivity index (χ0v) is 13.4. The Kier molecular flexibility index (Phi) is 7.00. The van der Waals surface area contributed by atoms with Crippen LogP contribution in [0.25, 0.3) is 0 Å². The van der Waals surface area contributed by atoms with Crippen LogP contribution >= 0.6 is 0 Å². The number of nitrogens with one attached hydrogen (secondary N) is 1. The van der Waals surface area contributed by atoms with Crippen LogP contribution in [0.2, 0.25) is 0 Å². The molecule has 1 aliphatic rings. The summed E-state index contributed by atoms with van der Waals surface area (Å²) in [5, 5.41) is 3.52. The smallest absolute Gasteiger partial charge is 0.0593 e. The first-order chi connectivity index (χ1) is 10.3. The van der Waals surface area contributed by atoms with Crippen LogP contribution in [0.1, 0.15) is 25.0 Å². The van der Waals surface area contributed by atoms with Crippen molar-refractivity contribution < 1.29 is 9.47 Å². The first-order valence-electron chi connectivity index (χ1n) is 8.07. The number of anilines is 1. The molecule has 0 atom stereocenters. The van der Waals surface area contributed by atoms with E-state index in [9.17, 15) is 0 Å². The highest BCUT2D eigenvalue weighted by atomic mass is 16.5. The van der Waals surface area contributed by atoms with Gasteiger partial charge in [-0.3, -0.25) is 4.90 Å². The summed E-state index contributed by atoms with van der Waals surface area (Å²) in [7, 11) is 0. The van der Waals surface area contributed by atoms with Gasteiger partial charge >= 0.3 is 0 Å². The molecule has 118 valence electrons. The second-order valence-electron chi connectivity index (χ2n) is 5.30. The highest BCUT2D eigenvalue weighted by molar-refractivity contribution is 5.61. The average molecular weight is 292 g/mol. The summed E-state index contributed by atoms with van der Waals surface area (Å²) in [6, 6.07) is 6.62. The Balaban J connectivity index is 1.94. The molecule has 21 heavy (non-hydrogen) atoms. The van der Waals surface area contributed by atoms with Gasteiger partial charge < -0.3 is 14.8 Å². The number of hydrogen-bond acceptors (Lipinski definition) is 4. The molecule has 0 unspecified atom stereocenters. The molecule has 0 aliphatic carbocycles. The highest BCUT2D eigenvalue weighted by Gasteiger charge is 2.15. The molecule has 1 aromatic carbocycles. The maximum Gasteiger partial charge on any atom is 0.0593 e. The van der Waals surface area contributed by atoms with Crippen molar-refractivity contribution in [1.29, 1.82) is 0 Å². The molecule has 0 amide bonds. The quantitative estimate of drug-likeness (QED) is 0.672. The van der Waals surface area contributed by atoms with Crippen molar-refractivity contribution in [2.75, 3.05) is 51.4 Å². The van der Waals surface area contributed by atoms with Gasteiger partial charge in [0.1, 0.15) is 0 Å². The fraction of sp³-hybridized carbons (Fsp3) is 0.647. The van der Waals surface area contributed by atoms with E-state index in [1.807, 2.05) is 13.8 Å². The number of fused-ring (bicyclic) bond motifs is 1. The predicted molar refractivity (Wildman–Crippen MR) is 86.9 cm³/mol. The third kappa shape index (κ3) is 4.99. The van der Waals surface area contributed by atoms with Gasteiger partial charge in [0.15, 0.2) is 0 Å². The number of nitrogens with zero attached hydrogens (tertiary/aromatic N) is 1. The Labute approximate surface area is 128 Å². The number of hydrogen-bond donors (Lipinski definition) is 1. The third-order valence-electron chi connectivity index (χ3n) is 3.84. The van der Waals surface area contributed by atoms with Crippen molar-refractivity contribution in [3.05, 3.63) is 29.3 Å². The maximum absolute atomic E-state index is 5.50. The minimum absolute atomic E-state index is 0.779. The van der Waals surface area contributed by atoms with E-state index < -0.39 is 0 Å². The summed E-state index contributed by atoms with van der Waals surface area (Å²) in [5.74, 6) is 0. The standard InChI is InChI=1S/C17H28N2O2/c1-3-20-12-10-19(11-13-21-4-2)14-16-7-5-6-15-8-9-18-17(15)16/h5-7,18H,3-4,8-14H2,1-2H3. The zero-order valence-electron chi connectivity index (χ0n) is 13.4. The number of ether oxygens (including phenoxy) is 2. The summed E-state index contributed by atoms with van der Waals surface area (Å²) >= 11 is 0. The topological polar surface area (TPSA) is 33.7 Å². The van der Waals surface area contributed by atoms with Crippen LogP contribution in [-0.4, -0.2) is 51.0 Å². The predicted octanol–water partition coefficient (Wildman–Crippen LogP) is 2.53. The number of para-hydroxylation sites is 1. The molecular weight excluding hydrogens is 264 g/mol. The van der Waals surface area contributed by atoms with Gasteiger partial charge in [-0.1, -0.05) is 18.2 Å². The number of rotatable bonds is 10. The van der Waals surface area contributed by atoms with E-state index in [2.05, 4.69) is 28.4 Å². The van der Waals surface area contributed by atoms with E-state index in [0.29, 0.717) is 0 Å². The Morgan fingerprint density at radius 1 is 1.10 bits per heavy atom. The second-order valence-corrected chi connectivity index (χ2v) is 5.30. The molecule has 1 heterocycles. The summed E-state index contributed by atoms with van der Waals surface area (Å²) in [5.41, 5.74) is 4.18. The summed E-state index contributed by atoms with van der Waals surface area (Å²) in [6.07, 6.45) is 1.14. The third-order valence-corrected chi connectivity index (χ3v) is 3.84. The summed E-state index contributed by atoms with van der Waals surface area (Å²) < 4.78 is 11.0. The molecule has 4 nitrogen and oxygen atoms in total. The van der Waals surface area contributed by atoms with Gasteiger partial charge in [0.2, 0.25) is 0 Å². The molecule has 1 aliphatic heterocycles. The van der Waals surface area contributed by atoms with Crippen molar-refractivity contribution in [2.45, 2.75) is 26.8 Å². The van der Waals surface area contributed by atoms with Crippen LogP contribution in [0.5, 0.6) is 0 Å². The molecule has 0 fully saturated rings. The van der Waals surface area contributed by atoms with Gasteiger partial charge in [0.05, 0.1) is 13.2 Å². The van der Waals surface area contributed by atoms with E-state index in [-0.39, 0.29) is 0 Å². The molecule has 0 aromatic heterocycles. The molecule has 2 rings (SSSR count). The van der Waals surface area contributed by atoms with Crippen molar-refractivity contribution in [3.8, 4) is 0 Å². The molecule has 0 radical (unpaired) electrons. The fourth-order valence-electron chi connectivity index (χ4n) is 2.73. The fourth-order valence-corrected chi connectivity index (χ4v) is 2.73. The lowest BCUT2D eigenvalue weighted by Gasteiger charge is -2.23. The van der Waals surface area contributed by atoms with E-state index in [0.717, 1.165) is 59.0 Å². The van der Waals surface area contributed by atoms with Crippen molar-refractivity contribution in [2.24, 2.45) is 0 Å². The van der Waals surface area contributed by atoms with Gasteiger partial charge in [-0.25, -0.2) is 0 Å². The average Bonchev–Trinajstić information content (AvgIpc) is 2.97. The molecule has 0 bridgehead atoms. The minimum Gasteiger partial charge on any atom is -0.384 e. The molecule has 4 heteroatoms. The zero-order chi connectivity index (χ0) is 14.9. The molecular formula is C17H28N2O2. The van der Waals surface area contributed by atoms with Crippen LogP contribution in [-0.2, 0) is 22.4 Å². The van der Waals surface area contributed by atoms with Gasteiger partial charge in [-0.2, -0.15) is 0 Å². The molecule has 0 saturated carbocycles. The normalized spacial score (nSPS) is 13.5. The van der Waals surface area contributed by atoms with Crippen molar-refractivity contribution in [1.82, 2.24) is 4.90 Å². The van der Waals surface area contributed by atoms with E-state index in [4.69, 9.17) is 9.47 Å². The van der Waals surface area contributed by atoms with Crippen molar-refractivity contribution >= 4 is 5.69 Å². The summed E-state index contributed by atoms with van der Waals surface area (Å²) in [4.78, 5) is 2.42. The Hall–Kier alpha value is -1.10. The lowest BCUT2D eigenvalue weighted by atomic mass is 10.1. The van der Waals surface area contributed by atoms with Crippen LogP contribution in [0, 0.1) is 0 Å². The van der Waals surface area contributed by atoms with Crippen LogP contribution < -0.4 is 5.32 Å². The lowest BCUT2D eigenvalue weighted by Crippen LogP contribution is -2.31. The highest BCUT2D eigenvalue weighted by Crippen LogP contribution is 2.27. The number of benzene rings is 1. The first-order valence-corrected chi connectivity index (χ1v) is 8.07. The van der Waals surface area contributed by atoms with E-state index in [1.165, 1.54) is 16.8 Å². The van der Waals surface area contributed by atoms with Gasteiger partial charge in [-0.05, 0) is 31.4 Å². The van der Waals surface area contributed by atoms with Crippen LogP contribution in [0.4, 0.5) is 5.69 Å². The summed E-state index contributed by atoms with van der Waals surface area (Å²) in [6.45, 7) is 11.1. The SMILES string of the molecule is CCOCCN(CCOCC)Cc1cccc2c1NCC2. The monoisotopic (exact) mass is 292 g/mol. The molecule has 1 N–H and O–H groups in total. The Morgan fingerprint density at radius 2 is 1.81 bits per heavy atom. The second kappa shape index (κ2) is 9.03. The Morgan fingerprint density at radius 3 is 2.48 bits per heavy atom. The van der Waals surface area contributed by atoms with Crippen LogP contribution in [0.3, 0.4) is 0 Å². The van der Waals surface area contributed by atoms with Gasteiger partial charge in [-0.15, -0.1) is 0 Å². The molecule has 1 aromatic rings. The van der Waals surface area contributed by atoms with E-state index >= 15 is 0 Å². The maximum atomic E-state index is 5.50. The van der Waals surface area contributed by atoms with Gasteiger partial charge in [0, 0.05) is 45.1 Å². The van der Waals surface area contributed by atoms with Crippen molar-refractivity contribution in [3.63, 3.8) is 0 Å². The largest absolute Gasteiger partial charge is 0.384 e.